The average Bonchev–Trinajstić information content (AvgIpc) is 2.57. The molecule has 0 spiro atoms. The fourth-order valence-electron chi connectivity index (χ4n) is 1.78. The topological polar surface area (TPSA) is 59.3 Å². The zero-order valence-electron chi connectivity index (χ0n) is 12.2. The number of esters is 1. The molecular formula is C18H14FNO3. The molecule has 0 fully saturated rings. The van der Waals surface area contributed by atoms with Crippen LogP contribution < -0.4 is 4.74 Å². The molecule has 0 aliphatic heterocycles. The van der Waals surface area contributed by atoms with Gasteiger partial charge in [0.05, 0.1) is 0 Å². The number of ether oxygens (including phenoxy) is 2. The molecule has 0 bridgehead atoms. The summed E-state index contributed by atoms with van der Waals surface area (Å²) in [5.41, 5.74) is 1.38. The first-order valence-corrected chi connectivity index (χ1v) is 6.86. The van der Waals surface area contributed by atoms with Crippen molar-refractivity contribution in [3.8, 4) is 11.8 Å². The molecule has 0 atom stereocenters. The first-order valence-electron chi connectivity index (χ1n) is 6.86. The van der Waals surface area contributed by atoms with E-state index >= 15 is 0 Å². The Morgan fingerprint density at radius 3 is 2.70 bits per heavy atom. The highest BCUT2D eigenvalue weighted by atomic mass is 19.1. The Balaban J connectivity index is 1.84. The molecule has 2 aromatic rings. The number of rotatable bonds is 6. The van der Waals surface area contributed by atoms with E-state index in [2.05, 4.69) is 0 Å². The molecule has 2 aromatic carbocycles. The van der Waals surface area contributed by atoms with E-state index in [1.807, 2.05) is 6.07 Å². The van der Waals surface area contributed by atoms with Gasteiger partial charge in [-0.25, -0.2) is 9.18 Å². The third kappa shape index (κ3) is 5.64. The summed E-state index contributed by atoms with van der Waals surface area (Å²) in [6, 6.07) is 14.7. The van der Waals surface area contributed by atoms with Crippen LogP contribution >= 0.6 is 0 Å². The number of carbonyl (C=O) groups excluding carboxylic acids is 1. The van der Waals surface area contributed by atoms with Gasteiger partial charge in [0, 0.05) is 6.08 Å². The predicted molar refractivity (Wildman–Crippen MR) is 82.8 cm³/mol. The maximum atomic E-state index is 13.0. The SMILES string of the molecule is N#CCOc1ccc(/C=C/C(=O)OCc2cccc(F)c2)cc1. The maximum absolute atomic E-state index is 13.0. The van der Waals surface area contributed by atoms with Crippen molar-refractivity contribution < 1.29 is 18.7 Å². The van der Waals surface area contributed by atoms with Crippen molar-refractivity contribution in [1.82, 2.24) is 0 Å². The lowest BCUT2D eigenvalue weighted by Gasteiger charge is -2.03. The number of hydrogen-bond acceptors (Lipinski definition) is 4. The zero-order chi connectivity index (χ0) is 16.5. The van der Waals surface area contributed by atoms with Gasteiger partial charge in [0.1, 0.15) is 24.2 Å². The monoisotopic (exact) mass is 311 g/mol. The first kappa shape index (κ1) is 16.2. The number of nitriles is 1. The van der Waals surface area contributed by atoms with Crippen LogP contribution in [0.4, 0.5) is 4.39 Å². The van der Waals surface area contributed by atoms with Crippen LogP contribution in [0.5, 0.6) is 5.75 Å². The molecule has 0 unspecified atom stereocenters. The van der Waals surface area contributed by atoms with E-state index in [9.17, 15) is 9.18 Å². The number of carbonyl (C=O) groups is 1. The standard InChI is InChI=1S/C18H14FNO3/c19-16-3-1-2-15(12-16)13-23-18(21)9-6-14-4-7-17(8-5-14)22-11-10-20/h1-9,12H,11,13H2/b9-6+. The highest BCUT2D eigenvalue weighted by Gasteiger charge is 2.00. The number of benzene rings is 2. The molecule has 0 N–H and O–H groups in total. The second-order valence-corrected chi connectivity index (χ2v) is 4.59. The van der Waals surface area contributed by atoms with E-state index < -0.39 is 5.97 Å². The predicted octanol–water partition coefficient (Wildman–Crippen LogP) is 3.48. The summed E-state index contributed by atoms with van der Waals surface area (Å²) in [5, 5.41) is 8.42. The van der Waals surface area contributed by atoms with Gasteiger partial charge in [-0.3, -0.25) is 0 Å². The highest BCUT2D eigenvalue weighted by Crippen LogP contribution is 2.13. The van der Waals surface area contributed by atoms with Crippen LogP contribution in [0.25, 0.3) is 6.08 Å². The Bertz CT molecular complexity index is 733. The molecule has 116 valence electrons. The fourth-order valence-corrected chi connectivity index (χ4v) is 1.78. The lowest BCUT2D eigenvalue weighted by molar-refractivity contribution is -0.138. The fraction of sp³-hybridized carbons (Fsp3) is 0.111. The van der Waals surface area contributed by atoms with E-state index in [1.54, 1.807) is 42.5 Å². The van der Waals surface area contributed by atoms with Crippen molar-refractivity contribution in [2.24, 2.45) is 0 Å². The van der Waals surface area contributed by atoms with Crippen molar-refractivity contribution in [3.63, 3.8) is 0 Å². The van der Waals surface area contributed by atoms with Crippen LogP contribution in [0, 0.1) is 17.1 Å². The van der Waals surface area contributed by atoms with Crippen LogP contribution in [-0.4, -0.2) is 12.6 Å². The highest BCUT2D eigenvalue weighted by molar-refractivity contribution is 5.87. The molecule has 0 aliphatic carbocycles. The molecule has 0 heterocycles. The van der Waals surface area contributed by atoms with E-state index in [-0.39, 0.29) is 19.0 Å². The van der Waals surface area contributed by atoms with Crippen molar-refractivity contribution in [3.05, 3.63) is 71.6 Å². The van der Waals surface area contributed by atoms with E-state index in [4.69, 9.17) is 14.7 Å². The summed E-state index contributed by atoms with van der Waals surface area (Å²) in [4.78, 5) is 11.6. The molecule has 0 radical (unpaired) electrons. The van der Waals surface area contributed by atoms with Gasteiger partial charge in [-0.05, 0) is 41.5 Å². The largest absolute Gasteiger partial charge is 0.479 e. The second kappa shape index (κ2) is 8.35. The minimum atomic E-state index is -0.515. The van der Waals surface area contributed by atoms with E-state index in [1.165, 1.54) is 18.2 Å². The van der Waals surface area contributed by atoms with Crippen LogP contribution in [0.15, 0.2) is 54.6 Å². The average molecular weight is 311 g/mol. The normalized spacial score (nSPS) is 10.3. The van der Waals surface area contributed by atoms with Crippen molar-refractivity contribution in [1.29, 1.82) is 5.26 Å². The molecule has 0 amide bonds. The van der Waals surface area contributed by atoms with E-state index in [0.717, 1.165) is 5.56 Å². The summed E-state index contributed by atoms with van der Waals surface area (Å²) in [5.74, 6) is -0.302. The Morgan fingerprint density at radius 2 is 2.00 bits per heavy atom. The second-order valence-electron chi connectivity index (χ2n) is 4.59. The Labute approximate surface area is 133 Å². The molecule has 4 nitrogen and oxygen atoms in total. The summed E-state index contributed by atoms with van der Waals surface area (Å²) < 4.78 is 23.1. The van der Waals surface area contributed by atoms with E-state index in [0.29, 0.717) is 11.3 Å². The lowest BCUT2D eigenvalue weighted by atomic mass is 10.2. The van der Waals surface area contributed by atoms with Gasteiger partial charge >= 0.3 is 5.97 Å². The molecule has 0 saturated heterocycles. The van der Waals surface area contributed by atoms with Gasteiger partial charge in [-0.2, -0.15) is 5.26 Å². The molecule has 5 heteroatoms. The minimum Gasteiger partial charge on any atom is -0.479 e. The summed E-state index contributed by atoms with van der Waals surface area (Å²) in [6.07, 6.45) is 2.90. The molecule has 23 heavy (non-hydrogen) atoms. The van der Waals surface area contributed by atoms with Crippen LogP contribution in [0.3, 0.4) is 0 Å². The van der Waals surface area contributed by atoms with Gasteiger partial charge in [0.25, 0.3) is 0 Å². The smallest absolute Gasteiger partial charge is 0.331 e. The summed E-state index contributed by atoms with van der Waals surface area (Å²) in [6.45, 7) is 0.00344. The van der Waals surface area contributed by atoms with Crippen LogP contribution in [-0.2, 0) is 16.1 Å². The van der Waals surface area contributed by atoms with Crippen molar-refractivity contribution in [2.45, 2.75) is 6.61 Å². The van der Waals surface area contributed by atoms with Crippen molar-refractivity contribution in [2.75, 3.05) is 6.61 Å². The Kier molecular flexibility index (Phi) is 5.89. The molecule has 0 aliphatic rings. The molecular weight excluding hydrogens is 297 g/mol. The van der Waals surface area contributed by atoms with Gasteiger partial charge in [0.15, 0.2) is 6.61 Å². The van der Waals surface area contributed by atoms with Crippen LogP contribution in [0.1, 0.15) is 11.1 Å². The first-order chi connectivity index (χ1) is 11.2. The molecule has 0 saturated carbocycles. The quantitative estimate of drug-likeness (QED) is 0.605. The maximum Gasteiger partial charge on any atom is 0.331 e. The third-order valence-electron chi connectivity index (χ3n) is 2.87. The minimum absolute atomic E-state index is 0.0123. The number of hydrogen-bond donors (Lipinski definition) is 0. The third-order valence-corrected chi connectivity index (χ3v) is 2.87. The van der Waals surface area contributed by atoms with Gasteiger partial charge in [-0.15, -0.1) is 0 Å². The Morgan fingerprint density at radius 1 is 1.22 bits per heavy atom. The zero-order valence-corrected chi connectivity index (χ0v) is 12.2. The van der Waals surface area contributed by atoms with Crippen molar-refractivity contribution >= 4 is 12.0 Å². The van der Waals surface area contributed by atoms with Crippen LogP contribution in [0.2, 0.25) is 0 Å². The Hall–Kier alpha value is -3.13. The summed E-state index contributed by atoms with van der Waals surface area (Å²) in [7, 11) is 0. The molecule has 2 rings (SSSR count). The lowest BCUT2D eigenvalue weighted by Crippen LogP contribution is -2.00. The van der Waals surface area contributed by atoms with Gasteiger partial charge < -0.3 is 9.47 Å². The number of halogens is 1. The molecule has 0 aromatic heterocycles. The van der Waals surface area contributed by atoms with Gasteiger partial charge in [-0.1, -0.05) is 24.3 Å². The van der Waals surface area contributed by atoms with Gasteiger partial charge in [0.2, 0.25) is 0 Å². The summed E-state index contributed by atoms with van der Waals surface area (Å²) >= 11 is 0. The number of nitrogens with zero attached hydrogens (tertiary/aromatic N) is 1.